The van der Waals surface area contributed by atoms with E-state index in [1.54, 1.807) is 0 Å². The third-order valence-corrected chi connectivity index (χ3v) is 3.02. The van der Waals surface area contributed by atoms with Crippen molar-refractivity contribution in [2.75, 3.05) is 28.2 Å². The molecular formula is C13H30N2. The zero-order valence-electron chi connectivity index (χ0n) is 11.6. The molecule has 0 aromatic rings. The largest absolute Gasteiger partial charge is 0.305 e. The van der Waals surface area contributed by atoms with Crippen molar-refractivity contribution in [1.82, 2.24) is 9.80 Å². The minimum absolute atomic E-state index is 0.772. The van der Waals surface area contributed by atoms with Crippen LogP contribution in [0.5, 0.6) is 0 Å². The van der Waals surface area contributed by atoms with Gasteiger partial charge in [0.05, 0.1) is 0 Å². The van der Waals surface area contributed by atoms with Gasteiger partial charge in [-0.2, -0.15) is 0 Å². The molecule has 0 heterocycles. The Balaban J connectivity index is 0.000000583. The topological polar surface area (TPSA) is 6.48 Å². The Morgan fingerprint density at radius 1 is 0.800 bits per heavy atom. The van der Waals surface area contributed by atoms with E-state index in [-0.39, 0.29) is 0 Å². The van der Waals surface area contributed by atoms with Crippen molar-refractivity contribution in [2.45, 2.75) is 58.0 Å². The normalized spacial score (nSPS) is 26.4. The smallest absolute Gasteiger partial charge is 0.0245 e. The summed E-state index contributed by atoms with van der Waals surface area (Å²) in [5.74, 6) is 0. The Kier molecular flexibility index (Phi) is 8.07. The summed E-state index contributed by atoms with van der Waals surface area (Å²) in [6.07, 6.45) is 6.81. The van der Waals surface area contributed by atoms with E-state index in [0.29, 0.717) is 0 Å². The molecular weight excluding hydrogens is 184 g/mol. The van der Waals surface area contributed by atoms with Crippen LogP contribution in [0.3, 0.4) is 0 Å². The maximum Gasteiger partial charge on any atom is 0.0245 e. The highest BCUT2D eigenvalue weighted by atomic mass is 15.2. The lowest BCUT2D eigenvalue weighted by Crippen LogP contribution is -2.48. The zero-order chi connectivity index (χ0) is 11.8. The van der Waals surface area contributed by atoms with Gasteiger partial charge in [0.2, 0.25) is 0 Å². The average Bonchev–Trinajstić information content (AvgIpc) is 2.19. The molecule has 0 spiro atoms. The first-order chi connectivity index (χ1) is 7.04. The van der Waals surface area contributed by atoms with Crippen LogP contribution in [0.25, 0.3) is 0 Å². The van der Waals surface area contributed by atoms with Gasteiger partial charge in [-0.15, -0.1) is 0 Å². The predicted molar refractivity (Wildman–Crippen MR) is 69.4 cm³/mol. The van der Waals surface area contributed by atoms with Gasteiger partial charge in [-0.1, -0.05) is 33.1 Å². The highest BCUT2D eigenvalue weighted by Crippen LogP contribution is 2.24. The summed E-state index contributed by atoms with van der Waals surface area (Å²) in [4.78, 5) is 4.76. The summed E-state index contributed by atoms with van der Waals surface area (Å²) in [6.45, 7) is 4.25. The first-order valence-electron chi connectivity index (χ1n) is 6.37. The lowest BCUT2D eigenvalue weighted by atomic mass is 9.89. The molecule has 2 atom stereocenters. The molecule has 0 saturated heterocycles. The van der Waals surface area contributed by atoms with Crippen LogP contribution in [0.1, 0.15) is 46.0 Å². The summed E-state index contributed by atoms with van der Waals surface area (Å²) in [5.41, 5.74) is 0. The van der Waals surface area contributed by atoms with Crippen LogP contribution in [0, 0.1) is 0 Å². The Labute approximate surface area is 96.6 Å². The molecule has 0 N–H and O–H groups in total. The molecule has 0 aliphatic heterocycles. The lowest BCUT2D eigenvalue weighted by molar-refractivity contribution is 0.110. The SMILES string of the molecule is CCC.CN(C)[C@H]1CCCC[C@@H]1N(C)C. The van der Waals surface area contributed by atoms with Gasteiger partial charge in [0, 0.05) is 12.1 Å². The quantitative estimate of drug-likeness (QED) is 0.697. The van der Waals surface area contributed by atoms with E-state index in [1.807, 2.05) is 0 Å². The van der Waals surface area contributed by atoms with Crippen LogP contribution in [0.2, 0.25) is 0 Å². The molecule has 0 aromatic heterocycles. The second-order valence-corrected chi connectivity index (χ2v) is 5.05. The van der Waals surface area contributed by atoms with Gasteiger partial charge in [-0.3, -0.25) is 0 Å². The molecule has 0 amide bonds. The number of likely N-dealkylation sites (N-methyl/N-ethyl adjacent to an activating group) is 2. The highest BCUT2D eigenvalue weighted by molar-refractivity contribution is 4.85. The second kappa shape index (κ2) is 8.12. The molecule has 1 fully saturated rings. The fourth-order valence-corrected chi connectivity index (χ4v) is 2.30. The Morgan fingerprint density at radius 3 is 1.27 bits per heavy atom. The molecule has 1 aliphatic carbocycles. The van der Waals surface area contributed by atoms with Crippen molar-refractivity contribution in [3.63, 3.8) is 0 Å². The van der Waals surface area contributed by atoms with Crippen LogP contribution < -0.4 is 0 Å². The van der Waals surface area contributed by atoms with Crippen LogP contribution in [-0.4, -0.2) is 50.1 Å². The lowest BCUT2D eigenvalue weighted by Gasteiger charge is -2.39. The fraction of sp³-hybridized carbons (Fsp3) is 1.00. The van der Waals surface area contributed by atoms with E-state index >= 15 is 0 Å². The Bertz CT molecular complexity index is 127. The molecule has 15 heavy (non-hydrogen) atoms. The third-order valence-electron chi connectivity index (χ3n) is 3.02. The second-order valence-electron chi connectivity index (χ2n) is 5.05. The van der Waals surface area contributed by atoms with Crippen molar-refractivity contribution in [3.05, 3.63) is 0 Å². The Morgan fingerprint density at radius 2 is 1.07 bits per heavy atom. The molecule has 1 saturated carbocycles. The summed E-state index contributed by atoms with van der Waals surface area (Å²) >= 11 is 0. The van der Waals surface area contributed by atoms with Crippen molar-refractivity contribution in [2.24, 2.45) is 0 Å². The number of hydrogen-bond acceptors (Lipinski definition) is 2. The van der Waals surface area contributed by atoms with Gasteiger partial charge in [0.1, 0.15) is 0 Å². The van der Waals surface area contributed by atoms with Gasteiger partial charge in [0.25, 0.3) is 0 Å². The van der Waals surface area contributed by atoms with E-state index in [9.17, 15) is 0 Å². The van der Waals surface area contributed by atoms with Crippen LogP contribution in [-0.2, 0) is 0 Å². The summed E-state index contributed by atoms with van der Waals surface area (Å²) < 4.78 is 0. The van der Waals surface area contributed by atoms with E-state index in [2.05, 4.69) is 51.8 Å². The van der Waals surface area contributed by atoms with Crippen LogP contribution >= 0.6 is 0 Å². The first kappa shape index (κ1) is 14.9. The maximum atomic E-state index is 2.38. The standard InChI is InChI=1S/C10H22N2.C3H8/c1-11(2)9-7-5-6-8-10(9)12(3)4;1-3-2/h9-10H,5-8H2,1-4H3;3H2,1-2H3/t9-,10-;/m0./s1. The average molecular weight is 214 g/mol. The number of rotatable bonds is 2. The molecule has 0 aromatic carbocycles. The number of hydrogen-bond donors (Lipinski definition) is 0. The summed E-state index contributed by atoms with van der Waals surface area (Å²) in [7, 11) is 8.80. The molecule has 0 unspecified atom stereocenters. The molecule has 2 heteroatoms. The first-order valence-corrected chi connectivity index (χ1v) is 6.37. The molecule has 1 aliphatic rings. The molecule has 2 nitrogen and oxygen atoms in total. The van der Waals surface area contributed by atoms with Gasteiger partial charge in [0.15, 0.2) is 0 Å². The molecule has 0 bridgehead atoms. The van der Waals surface area contributed by atoms with E-state index in [4.69, 9.17) is 0 Å². The molecule has 0 radical (unpaired) electrons. The highest BCUT2D eigenvalue weighted by Gasteiger charge is 2.27. The summed E-state index contributed by atoms with van der Waals surface area (Å²) in [5, 5.41) is 0. The number of nitrogens with zero attached hydrogens (tertiary/aromatic N) is 2. The molecule has 92 valence electrons. The monoisotopic (exact) mass is 214 g/mol. The maximum absolute atomic E-state index is 2.38. The predicted octanol–water partition coefficient (Wildman–Crippen LogP) is 2.84. The zero-order valence-corrected chi connectivity index (χ0v) is 11.6. The van der Waals surface area contributed by atoms with Crippen LogP contribution in [0.4, 0.5) is 0 Å². The van der Waals surface area contributed by atoms with Crippen molar-refractivity contribution in [3.8, 4) is 0 Å². The minimum Gasteiger partial charge on any atom is -0.305 e. The van der Waals surface area contributed by atoms with E-state index in [1.165, 1.54) is 32.1 Å². The van der Waals surface area contributed by atoms with Gasteiger partial charge < -0.3 is 9.80 Å². The van der Waals surface area contributed by atoms with Crippen molar-refractivity contribution >= 4 is 0 Å². The van der Waals surface area contributed by atoms with Crippen molar-refractivity contribution < 1.29 is 0 Å². The third kappa shape index (κ3) is 5.53. The minimum atomic E-state index is 0.772. The van der Waals surface area contributed by atoms with Crippen molar-refractivity contribution in [1.29, 1.82) is 0 Å². The molecule has 1 rings (SSSR count). The Hall–Kier alpha value is -0.0800. The van der Waals surface area contributed by atoms with E-state index in [0.717, 1.165) is 12.1 Å². The van der Waals surface area contributed by atoms with E-state index < -0.39 is 0 Å². The summed E-state index contributed by atoms with van der Waals surface area (Å²) in [6, 6.07) is 1.54. The fourth-order valence-electron chi connectivity index (χ4n) is 2.30. The van der Waals surface area contributed by atoms with Gasteiger partial charge >= 0.3 is 0 Å². The van der Waals surface area contributed by atoms with Crippen LogP contribution in [0.15, 0.2) is 0 Å². The van der Waals surface area contributed by atoms with Gasteiger partial charge in [-0.05, 0) is 41.0 Å². The van der Waals surface area contributed by atoms with Gasteiger partial charge in [-0.25, -0.2) is 0 Å².